The average molecular weight is 740 g/mol. The number of nitrogens with one attached hydrogen (secondary N) is 2. The maximum atomic E-state index is 7.08. The van der Waals surface area contributed by atoms with Crippen molar-refractivity contribution >= 4 is 23.7 Å². The Bertz CT molecular complexity index is 2150. The molecule has 0 saturated heterocycles. The molecular formula is C39H40N3O6P3. The van der Waals surface area contributed by atoms with Crippen LogP contribution in [-0.4, -0.2) is 0 Å². The van der Waals surface area contributed by atoms with Crippen molar-refractivity contribution in [2.24, 2.45) is 4.52 Å². The molecule has 0 aromatic heterocycles. The van der Waals surface area contributed by atoms with Crippen molar-refractivity contribution in [2.75, 3.05) is 0 Å². The molecule has 1 aliphatic rings. The molecule has 0 fully saturated rings. The third-order valence-electron chi connectivity index (χ3n) is 7.86. The molecule has 51 heavy (non-hydrogen) atoms. The molecule has 0 bridgehead atoms. The normalized spacial score (nSPS) is 18.6. The van der Waals surface area contributed by atoms with Crippen molar-refractivity contribution in [1.82, 2.24) is 9.72 Å². The Labute approximate surface area is 300 Å². The number of hydrogen-bond donors (Lipinski definition) is 2. The first-order chi connectivity index (χ1) is 24.8. The van der Waals surface area contributed by atoms with Crippen molar-refractivity contribution in [1.29, 1.82) is 0 Å². The minimum atomic E-state index is -4.19. The zero-order valence-electron chi connectivity index (χ0n) is 28.4. The molecule has 0 radical (unpaired) electrons. The summed E-state index contributed by atoms with van der Waals surface area (Å²) >= 11 is 0. The zero-order chi connectivity index (χ0) is 35.2. The second-order valence-corrected chi connectivity index (χ2v) is 19.2. The van der Waals surface area contributed by atoms with Crippen molar-refractivity contribution in [3.63, 3.8) is 0 Å². The standard InChI is InChI=1S/C39H40N3O6P3/c1-31-19-13-16-28-37(31)46-49(43-34-22-7-4-8-23-34)40-50(44-35-24-9-5-10-25-35,47-38-29-17-14-20-32(38)2)42-51(41-49,45-36-26-11-6-12-27-36)48-39-30-18-15-21-33(39)3/h4-30,40-41,49-50H,1-3H3. The Morgan fingerprint density at radius 2 is 0.863 bits per heavy atom. The number of hydrogen-bond acceptors (Lipinski definition) is 9. The summed E-state index contributed by atoms with van der Waals surface area (Å²) in [5.74, 6) is 3.33. The number of nitrogens with zero attached hydrogens (tertiary/aromatic N) is 1. The van der Waals surface area contributed by atoms with Gasteiger partial charge in [-0.25, -0.2) is 0 Å². The second kappa shape index (κ2) is 15.2. The fourth-order valence-corrected chi connectivity index (χ4v) is 17.1. The van der Waals surface area contributed by atoms with Crippen LogP contribution in [0.1, 0.15) is 16.7 Å². The van der Waals surface area contributed by atoms with Crippen LogP contribution in [0.4, 0.5) is 0 Å². The average Bonchev–Trinajstić information content (AvgIpc) is 3.12. The first-order valence-electron chi connectivity index (χ1n) is 16.5. The molecule has 7 rings (SSSR count). The van der Waals surface area contributed by atoms with Crippen molar-refractivity contribution < 1.29 is 27.1 Å². The van der Waals surface area contributed by atoms with Gasteiger partial charge in [0.1, 0.15) is 0 Å². The third-order valence-corrected chi connectivity index (χ3v) is 17.8. The van der Waals surface area contributed by atoms with E-state index >= 15 is 0 Å². The molecule has 1 aliphatic heterocycles. The van der Waals surface area contributed by atoms with Crippen LogP contribution in [0.2, 0.25) is 0 Å². The van der Waals surface area contributed by atoms with E-state index in [-0.39, 0.29) is 0 Å². The van der Waals surface area contributed by atoms with Gasteiger partial charge in [-0.1, -0.05) is 0 Å². The minimum absolute atomic E-state index is 0.523. The Morgan fingerprint density at radius 1 is 0.431 bits per heavy atom. The van der Waals surface area contributed by atoms with Crippen LogP contribution < -0.4 is 36.9 Å². The van der Waals surface area contributed by atoms with Crippen molar-refractivity contribution in [2.45, 2.75) is 20.8 Å². The molecule has 0 spiro atoms. The molecule has 0 saturated carbocycles. The van der Waals surface area contributed by atoms with Gasteiger partial charge in [0.05, 0.1) is 0 Å². The van der Waals surface area contributed by atoms with Gasteiger partial charge in [-0.15, -0.1) is 0 Å². The molecule has 1 atom stereocenters. The SMILES string of the molecule is Cc1ccccc1OP1(Oc2ccccc2)=N[PH](Oc2ccccc2)(Oc2ccccc2C)N[PH](Oc2ccccc2)(Oc2ccccc2C)N1. The summed E-state index contributed by atoms with van der Waals surface area (Å²) in [6.07, 6.45) is 0. The van der Waals surface area contributed by atoms with Gasteiger partial charge in [0.15, 0.2) is 0 Å². The van der Waals surface area contributed by atoms with Crippen LogP contribution in [0.3, 0.4) is 0 Å². The number of para-hydroxylation sites is 6. The molecule has 1 heterocycles. The van der Waals surface area contributed by atoms with Crippen LogP contribution in [0.15, 0.2) is 168 Å². The van der Waals surface area contributed by atoms with E-state index in [9.17, 15) is 0 Å². The first-order valence-corrected chi connectivity index (χ1v) is 21.7. The zero-order valence-corrected chi connectivity index (χ0v) is 31.3. The van der Waals surface area contributed by atoms with Crippen LogP contribution in [0.25, 0.3) is 0 Å². The number of benzene rings is 6. The summed E-state index contributed by atoms with van der Waals surface area (Å²) in [6.45, 7) is 5.93. The Kier molecular flexibility index (Phi) is 10.3. The second-order valence-electron chi connectivity index (χ2n) is 11.9. The van der Waals surface area contributed by atoms with Crippen LogP contribution in [0.5, 0.6) is 34.5 Å². The van der Waals surface area contributed by atoms with Gasteiger partial charge >= 0.3 is 301 Å². The fraction of sp³-hybridized carbons (Fsp3) is 0.0769. The van der Waals surface area contributed by atoms with Gasteiger partial charge in [0.25, 0.3) is 0 Å². The Hall–Kier alpha value is -4.87. The van der Waals surface area contributed by atoms with Gasteiger partial charge in [-0.3, -0.25) is 0 Å². The first kappa shape index (κ1) is 34.6. The summed E-state index contributed by atoms with van der Waals surface area (Å²) in [5.41, 5.74) is 2.67. The number of aryl methyl sites for hydroxylation is 3. The maximum absolute atomic E-state index is 7.08. The van der Waals surface area contributed by atoms with E-state index in [4.69, 9.17) is 31.7 Å². The van der Waals surface area contributed by atoms with E-state index in [0.29, 0.717) is 34.5 Å². The van der Waals surface area contributed by atoms with E-state index in [1.807, 2.05) is 185 Å². The predicted molar refractivity (Wildman–Crippen MR) is 209 cm³/mol. The van der Waals surface area contributed by atoms with Crippen LogP contribution >= 0.6 is 23.7 Å². The van der Waals surface area contributed by atoms with Crippen LogP contribution in [-0.2, 0) is 0 Å². The molecule has 6 aromatic rings. The van der Waals surface area contributed by atoms with E-state index in [0.717, 1.165) is 16.7 Å². The fourth-order valence-electron chi connectivity index (χ4n) is 5.35. The van der Waals surface area contributed by atoms with E-state index in [1.165, 1.54) is 0 Å². The monoisotopic (exact) mass is 739 g/mol. The molecule has 2 N–H and O–H groups in total. The quantitative estimate of drug-likeness (QED) is 0.120. The third kappa shape index (κ3) is 8.37. The summed E-state index contributed by atoms with van der Waals surface area (Å²) in [6, 6.07) is 51.5. The van der Waals surface area contributed by atoms with Gasteiger partial charge < -0.3 is 0 Å². The molecular weight excluding hydrogens is 699 g/mol. The predicted octanol–water partition coefficient (Wildman–Crippen LogP) is 11.3. The molecule has 12 heteroatoms. The van der Waals surface area contributed by atoms with E-state index in [2.05, 4.69) is 9.72 Å². The molecule has 1 unspecified atom stereocenters. The summed E-state index contributed by atoms with van der Waals surface area (Å²) < 4.78 is 47.5. The van der Waals surface area contributed by atoms with E-state index < -0.39 is 23.7 Å². The van der Waals surface area contributed by atoms with Gasteiger partial charge in [-0.2, -0.15) is 0 Å². The van der Waals surface area contributed by atoms with Crippen LogP contribution in [0, 0.1) is 20.8 Å². The Morgan fingerprint density at radius 3 is 1.39 bits per heavy atom. The van der Waals surface area contributed by atoms with E-state index in [1.54, 1.807) is 0 Å². The molecule has 262 valence electrons. The Balaban J connectivity index is 1.52. The van der Waals surface area contributed by atoms with Gasteiger partial charge in [0, 0.05) is 0 Å². The molecule has 9 nitrogen and oxygen atoms in total. The van der Waals surface area contributed by atoms with Crippen molar-refractivity contribution in [3.05, 3.63) is 180 Å². The van der Waals surface area contributed by atoms with Gasteiger partial charge in [-0.05, 0) is 0 Å². The van der Waals surface area contributed by atoms with Gasteiger partial charge in [0.2, 0.25) is 0 Å². The molecule has 6 aromatic carbocycles. The molecule has 0 amide bonds. The summed E-state index contributed by atoms with van der Waals surface area (Å²) in [5, 5.41) is 0. The number of rotatable bonds is 12. The van der Waals surface area contributed by atoms with Crippen molar-refractivity contribution in [3.8, 4) is 34.5 Å². The summed E-state index contributed by atoms with van der Waals surface area (Å²) in [7, 11) is -12.0. The summed E-state index contributed by atoms with van der Waals surface area (Å²) in [4.78, 5) is 7.28. The topological polar surface area (TPSA) is 91.8 Å². The molecule has 0 aliphatic carbocycles.